The summed E-state index contributed by atoms with van der Waals surface area (Å²) in [6, 6.07) is 7.79. The number of carboxylic acids is 1. The predicted octanol–water partition coefficient (Wildman–Crippen LogP) is 2.18. The Balaban J connectivity index is 1.91. The third-order valence-electron chi connectivity index (χ3n) is 3.47. The van der Waals surface area contributed by atoms with Crippen LogP contribution in [0.1, 0.15) is 24.0 Å². The topological polar surface area (TPSA) is 86.7 Å². The van der Waals surface area contributed by atoms with Crippen molar-refractivity contribution in [1.82, 2.24) is 10.2 Å². The van der Waals surface area contributed by atoms with Crippen LogP contribution in [0.15, 0.2) is 29.2 Å². The Morgan fingerprint density at radius 3 is 2.60 bits per heavy atom. The zero-order valence-electron chi connectivity index (χ0n) is 13.7. The molecule has 8 heteroatoms. The van der Waals surface area contributed by atoms with Gasteiger partial charge in [0.15, 0.2) is 0 Å². The largest absolute Gasteiger partial charge is 0.481 e. The van der Waals surface area contributed by atoms with Gasteiger partial charge >= 0.3 is 5.97 Å². The lowest BCUT2D eigenvalue weighted by atomic mass is 10.1. The summed E-state index contributed by atoms with van der Waals surface area (Å²) >= 11 is 6.44. The number of hydrogen-bond donors (Lipinski definition) is 2. The van der Waals surface area contributed by atoms with Crippen LogP contribution in [-0.4, -0.2) is 45.2 Å². The molecule has 1 heterocycles. The molecule has 0 saturated carbocycles. The summed E-state index contributed by atoms with van der Waals surface area (Å²) in [4.78, 5) is 36.5. The highest BCUT2D eigenvalue weighted by Crippen LogP contribution is 2.32. The highest BCUT2D eigenvalue weighted by atomic mass is 32.2. The van der Waals surface area contributed by atoms with Gasteiger partial charge in [-0.2, -0.15) is 0 Å². The van der Waals surface area contributed by atoms with Gasteiger partial charge < -0.3 is 10.4 Å². The van der Waals surface area contributed by atoms with E-state index in [1.165, 1.54) is 16.7 Å². The lowest BCUT2D eigenvalue weighted by Crippen LogP contribution is -2.34. The fourth-order valence-electron chi connectivity index (χ4n) is 2.12. The molecule has 1 aromatic carbocycles. The third kappa shape index (κ3) is 5.68. The van der Waals surface area contributed by atoms with Gasteiger partial charge in [-0.25, -0.2) is 0 Å². The number of thioether (sulfide) groups is 1. The summed E-state index contributed by atoms with van der Waals surface area (Å²) in [5.41, 5.74) is 2.05. The standard InChI is InChI=1S/C17H18N2O4S2/c1-11-2-4-12(5-3-11)10-13-16(23)19(17(24)25-13)9-7-14(20)18-8-6-15(21)22/h2-5,10H,6-9H2,1H3,(H,18,20)(H,21,22). The van der Waals surface area contributed by atoms with E-state index in [2.05, 4.69) is 5.32 Å². The van der Waals surface area contributed by atoms with Gasteiger partial charge in [0.25, 0.3) is 5.91 Å². The Kier molecular flexibility index (Phi) is 6.72. The number of nitrogens with one attached hydrogen (secondary N) is 1. The number of nitrogens with zero attached hydrogens (tertiary/aromatic N) is 1. The van der Waals surface area contributed by atoms with E-state index in [0.717, 1.165) is 11.1 Å². The molecule has 1 aliphatic heterocycles. The number of aryl methyl sites for hydroxylation is 1. The Morgan fingerprint density at radius 2 is 1.96 bits per heavy atom. The number of hydrogen-bond acceptors (Lipinski definition) is 5. The minimum atomic E-state index is -0.974. The van der Waals surface area contributed by atoms with Gasteiger partial charge in [0.1, 0.15) is 4.32 Å². The minimum Gasteiger partial charge on any atom is -0.481 e. The molecule has 0 bridgehead atoms. The predicted molar refractivity (Wildman–Crippen MR) is 101 cm³/mol. The third-order valence-corrected chi connectivity index (χ3v) is 4.85. The Bertz CT molecular complexity index is 729. The average Bonchev–Trinajstić information content (AvgIpc) is 2.81. The Labute approximate surface area is 155 Å². The Hall–Kier alpha value is -2.19. The second kappa shape index (κ2) is 8.77. The summed E-state index contributed by atoms with van der Waals surface area (Å²) in [7, 11) is 0. The monoisotopic (exact) mass is 378 g/mol. The van der Waals surface area contributed by atoms with Crippen molar-refractivity contribution in [1.29, 1.82) is 0 Å². The minimum absolute atomic E-state index is 0.0693. The van der Waals surface area contributed by atoms with Crippen molar-refractivity contribution in [3.63, 3.8) is 0 Å². The van der Waals surface area contributed by atoms with Gasteiger partial charge in [-0.3, -0.25) is 19.3 Å². The van der Waals surface area contributed by atoms with Crippen LogP contribution in [0, 0.1) is 6.92 Å². The van der Waals surface area contributed by atoms with Gasteiger partial charge in [0.05, 0.1) is 11.3 Å². The number of amides is 2. The SMILES string of the molecule is Cc1ccc(C=C2SC(=S)N(CCC(=O)NCCC(=O)O)C2=O)cc1. The first-order chi connectivity index (χ1) is 11.9. The van der Waals surface area contributed by atoms with Gasteiger partial charge in [-0.15, -0.1) is 0 Å². The maximum atomic E-state index is 12.4. The van der Waals surface area contributed by atoms with Crippen LogP contribution in [-0.2, 0) is 14.4 Å². The summed E-state index contributed by atoms with van der Waals surface area (Å²) in [6.07, 6.45) is 1.72. The molecule has 0 spiro atoms. The fourth-order valence-corrected chi connectivity index (χ4v) is 3.43. The second-order valence-corrected chi connectivity index (χ2v) is 7.16. The zero-order chi connectivity index (χ0) is 18.4. The number of carboxylic acid groups (broad SMARTS) is 1. The maximum Gasteiger partial charge on any atom is 0.305 e. The fraction of sp³-hybridized carbons (Fsp3) is 0.294. The molecule has 0 atom stereocenters. The van der Waals surface area contributed by atoms with E-state index < -0.39 is 5.97 Å². The van der Waals surface area contributed by atoms with Crippen LogP contribution in [0.25, 0.3) is 6.08 Å². The van der Waals surface area contributed by atoms with Crippen LogP contribution >= 0.6 is 24.0 Å². The van der Waals surface area contributed by atoms with Gasteiger partial charge in [0.2, 0.25) is 5.91 Å². The number of carbonyl (C=O) groups excluding carboxylic acids is 2. The molecule has 1 aromatic rings. The van der Waals surface area contributed by atoms with E-state index in [9.17, 15) is 14.4 Å². The first-order valence-electron chi connectivity index (χ1n) is 7.67. The molecule has 0 radical (unpaired) electrons. The zero-order valence-corrected chi connectivity index (χ0v) is 15.3. The lowest BCUT2D eigenvalue weighted by Gasteiger charge is -2.13. The van der Waals surface area contributed by atoms with E-state index in [4.69, 9.17) is 17.3 Å². The van der Waals surface area contributed by atoms with Crippen molar-refractivity contribution in [2.75, 3.05) is 13.1 Å². The van der Waals surface area contributed by atoms with Crippen molar-refractivity contribution in [3.05, 3.63) is 40.3 Å². The summed E-state index contributed by atoms with van der Waals surface area (Å²) in [6.45, 7) is 2.24. The number of carbonyl (C=O) groups is 3. The molecule has 1 saturated heterocycles. The molecule has 132 valence electrons. The summed E-state index contributed by atoms with van der Waals surface area (Å²) in [5.74, 6) is -1.50. The molecular weight excluding hydrogens is 360 g/mol. The lowest BCUT2D eigenvalue weighted by molar-refractivity contribution is -0.136. The van der Waals surface area contributed by atoms with E-state index in [1.54, 1.807) is 6.08 Å². The van der Waals surface area contributed by atoms with Crippen LogP contribution < -0.4 is 5.32 Å². The maximum absolute atomic E-state index is 12.4. The molecule has 2 amide bonds. The first kappa shape index (κ1) is 19.1. The van der Waals surface area contributed by atoms with Gasteiger partial charge in [-0.1, -0.05) is 53.8 Å². The molecule has 2 rings (SSSR count). The van der Waals surface area contributed by atoms with Gasteiger partial charge in [-0.05, 0) is 18.6 Å². The van der Waals surface area contributed by atoms with Crippen LogP contribution in [0.4, 0.5) is 0 Å². The number of aliphatic carboxylic acids is 1. The molecular formula is C17H18N2O4S2. The molecule has 25 heavy (non-hydrogen) atoms. The van der Waals surface area contributed by atoms with Crippen molar-refractivity contribution < 1.29 is 19.5 Å². The smallest absolute Gasteiger partial charge is 0.305 e. The first-order valence-corrected chi connectivity index (χ1v) is 8.90. The number of rotatable bonds is 7. The molecule has 6 nitrogen and oxygen atoms in total. The molecule has 0 unspecified atom stereocenters. The van der Waals surface area contributed by atoms with E-state index >= 15 is 0 Å². The molecule has 1 aliphatic rings. The number of benzene rings is 1. The highest BCUT2D eigenvalue weighted by Gasteiger charge is 2.31. The van der Waals surface area contributed by atoms with Crippen molar-refractivity contribution >= 4 is 52.2 Å². The van der Waals surface area contributed by atoms with Gasteiger partial charge in [0, 0.05) is 19.5 Å². The number of thiocarbonyl (C=S) groups is 1. The van der Waals surface area contributed by atoms with Crippen LogP contribution in [0.3, 0.4) is 0 Å². The molecule has 1 fully saturated rings. The molecule has 2 N–H and O–H groups in total. The van der Waals surface area contributed by atoms with E-state index in [-0.39, 0.29) is 37.7 Å². The normalized spacial score (nSPS) is 15.7. The summed E-state index contributed by atoms with van der Waals surface area (Å²) < 4.78 is 0.418. The van der Waals surface area contributed by atoms with E-state index in [0.29, 0.717) is 9.23 Å². The quantitative estimate of drug-likeness (QED) is 0.559. The van der Waals surface area contributed by atoms with E-state index in [1.807, 2.05) is 31.2 Å². The summed E-state index contributed by atoms with van der Waals surface area (Å²) in [5, 5.41) is 11.0. The average molecular weight is 378 g/mol. The van der Waals surface area contributed by atoms with Crippen molar-refractivity contribution in [2.24, 2.45) is 0 Å². The second-order valence-electron chi connectivity index (χ2n) is 5.49. The molecule has 0 aliphatic carbocycles. The molecule has 0 aromatic heterocycles. The van der Waals surface area contributed by atoms with Crippen molar-refractivity contribution in [3.8, 4) is 0 Å². The Morgan fingerprint density at radius 1 is 1.28 bits per heavy atom. The van der Waals surface area contributed by atoms with Crippen molar-refractivity contribution in [2.45, 2.75) is 19.8 Å². The van der Waals surface area contributed by atoms with Crippen LogP contribution in [0.5, 0.6) is 0 Å². The highest BCUT2D eigenvalue weighted by molar-refractivity contribution is 8.26. The van der Waals surface area contributed by atoms with Crippen LogP contribution in [0.2, 0.25) is 0 Å².